The molecule has 4 N–H and O–H groups in total. The number of benzene rings is 1. The van der Waals surface area contributed by atoms with E-state index in [9.17, 15) is 4.79 Å². The van der Waals surface area contributed by atoms with Gasteiger partial charge in [0.2, 0.25) is 5.91 Å². The van der Waals surface area contributed by atoms with E-state index in [4.69, 9.17) is 4.74 Å². The van der Waals surface area contributed by atoms with Gasteiger partial charge in [0, 0.05) is 24.8 Å². The van der Waals surface area contributed by atoms with Crippen LogP contribution >= 0.6 is 12.4 Å². The minimum atomic E-state index is -0.203. The van der Waals surface area contributed by atoms with Gasteiger partial charge in [-0.25, -0.2) is 5.43 Å². The van der Waals surface area contributed by atoms with Crippen LogP contribution in [0.1, 0.15) is 31.9 Å². The minimum Gasteiger partial charge on any atom is -0.371 e. The van der Waals surface area contributed by atoms with E-state index in [0.717, 1.165) is 37.4 Å². The Morgan fingerprint density at radius 3 is 2.62 bits per heavy atom. The highest BCUT2D eigenvalue weighted by molar-refractivity contribution is 5.95. The van der Waals surface area contributed by atoms with E-state index in [2.05, 4.69) is 35.3 Å². The molecule has 2 aliphatic heterocycles. The van der Waals surface area contributed by atoms with Crippen molar-refractivity contribution in [3.8, 4) is 0 Å². The first kappa shape index (κ1) is 19.1. The van der Waals surface area contributed by atoms with Crippen molar-refractivity contribution >= 4 is 24.0 Å². The molecule has 4 atom stereocenters. The fourth-order valence-corrected chi connectivity index (χ4v) is 3.25. The normalized spacial score (nSPS) is 29.8. The van der Waals surface area contributed by atoms with Gasteiger partial charge >= 0.3 is 0 Å². The highest BCUT2D eigenvalue weighted by Gasteiger charge is 2.35. The molecule has 0 spiro atoms. The predicted octanol–water partition coefficient (Wildman–Crippen LogP) is 1.60. The summed E-state index contributed by atoms with van der Waals surface area (Å²) < 4.78 is 5.74. The van der Waals surface area contributed by atoms with Gasteiger partial charge in [0.05, 0.1) is 12.7 Å². The molecule has 0 aromatic heterocycles. The molecule has 24 heavy (non-hydrogen) atoms. The third-order valence-corrected chi connectivity index (χ3v) is 4.78. The monoisotopic (exact) mass is 354 g/mol. The van der Waals surface area contributed by atoms with Crippen molar-refractivity contribution in [2.75, 3.05) is 25.0 Å². The van der Waals surface area contributed by atoms with E-state index in [-0.39, 0.29) is 36.4 Å². The molecule has 7 heteroatoms. The third-order valence-electron chi connectivity index (χ3n) is 4.78. The third kappa shape index (κ3) is 4.26. The number of hydrogen-bond donors (Lipinski definition) is 4. The topological polar surface area (TPSA) is 74.4 Å². The summed E-state index contributed by atoms with van der Waals surface area (Å²) in [7, 11) is 0. The summed E-state index contributed by atoms with van der Waals surface area (Å²) in [5.41, 5.74) is 8.24. The second kappa shape index (κ2) is 8.78. The summed E-state index contributed by atoms with van der Waals surface area (Å²) in [6.45, 7) is 6.70. The summed E-state index contributed by atoms with van der Waals surface area (Å²) in [4.78, 5) is 12.4. The Balaban J connectivity index is 0.00000208. The number of anilines is 1. The SMILES string of the molecule is CCC1NNC(C(=O)Nc2ccc([C@H]3CNCCO3)cc2)C1C.Cl. The van der Waals surface area contributed by atoms with E-state index in [0.29, 0.717) is 6.04 Å². The standard InChI is InChI=1S/C17H26N4O2.ClH/c1-3-14-11(2)16(21-20-14)17(22)19-13-6-4-12(5-7-13)15-10-18-8-9-23-15;/h4-7,11,14-16,18,20-21H,3,8-10H2,1-2H3,(H,19,22);1H/t11?,14?,15-,16?;/m1./s1. The largest absolute Gasteiger partial charge is 0.371 e. The van der Waals surface area contributed by atoms with Crippen LogP contribution in [0.2, 0.25) is 0 Å². The molecule has 1 amide bonds. The second-order valence-corrected chi connectivity index (χ2v) is 6.32. The molecule has 0 radical (unpaired) electrons. The van der Waals surface area contributed by atoms with Gasteiger partial charge in [-0.15, -0.1) is 12.4 Å². The average molecular weight is 355 g/mol. The van der Waals surface area contributed by atoms with Crippen LogP contribution in [0.25, 0.3) is 0 Å². The van der Waals surface area contributed by atoms with Crippen LogP contribution in [0.15, 0.2) is 24.3 Å². The number of morpholine rings is 1. The Kier molecular flexibility index (Phi) is 7.01. The van der Waals surface area contributed by atoms with Crippen LogP contribution in [0.3, 0.4) is 0 Å². The number of hydrogen-bond acceptors (Lipinski definition) is 5. The van der Waals surface area contributed by atoms with Crippen molar-refractivity contribution in [1.29, 1.82) is 0 Å². The number of halogens is 1. The lowest BCUT2D eigenvalue weighted by atomic mass is 9.94. The zero-order valence-electron chi connectivity index (χ0n) is 14.2. The van der Waals surface area contributed by atoms with Crippen LogP contribution in [0.4, 0.5) is 5.69 Å². The van der Waals surface area contributed by atoms with E-state index in [1.165, 1.54) is 0 Å². The maximum Gasteiger partial charge on any atom is 0.243 e. The zero-order chi connectivity index (χ0) is 16.2. The quantitative estimate of drug-likeness (QED) is 0.661. The number of nitrogens with one attached hydrogen (secondary N) is 4. The second-order valence-electron chi connectivity index (χ2n) is 6.32. The minimum absolute atomic E-state index is 0. The molecule has 2 aliphatic rings. The lowest BCUT2D eigenvalue weighted by molar-refractivity contribution is -0.118. The highest BCUT2D eigenvalue weighted by atomic mass is 35.5. The van der Waals surface area contributed by atoms with Crippen LogP contribution < -0.4 is 21.5 Å². The number of rotatable bonds is 4. The molecule has 6 nitrogen and oxygen atoms in total. The van der Waals surface area contributed by atoms with Crippen molar-refractivity contribution in [3.05, 3.63) is 29.8 Å². The number of carbonyl (C=O) groups is 1. The highest BCUT2D eigenvalue weighted by Crippen LogP contribution is 2.22. The molecule has 2 heterocycles. The molecule has 1 aromatic carbocycles. The number of amides is 1. The molecule has 0 aliphatic carbocycles. The van der Waals surface area contributed by atoms with Gasteiger partial charge in [-0.2, -0.15) is 0 Å². The molecule has 3 unspecified atom stereocenters. The first-order valence-electron chi connectivity index (χ1n) is 8.43. The molecule has 134 valence electrons. The molecular weight excluding hydrogens is 328 g/mol. The van der Waals surface area contributed by atoms with Crippen molar-refractivity contribution < 1.29 is 9.53 Å². The van der Waals surface area contributed by atoms with E-state index in [1.807, 2.05) is 24.3 Å². The van der Waals surface area contributed by atoms with Gasteiger partial charge in [-0.05, 0) is 30.0 Å². The summed E-state index contributed by atoms with van der Waals surface area (Å²) >= 11 is 0. The molecule has 3 rings (SSSR count). The predicted molar refractivity (Wildman–Crippen MR) is 97.2 cm³/mol. The Labute approximate surface area is 149 Å². The molecule has 0 saturated carbocycles. The molecule has 1 aromatic rings. The maximum atomic E-state index is 12.4. The maximum absolute atomic E-state index is 12.4. The number of hydrazine groups is 1. The molecular formula is C17H27ClN4O2. The summed E-state index contributed by atoms with van der Waals surface area (Å²) in [6, 6.07) is 8.05. The Bertz CT molecular complexity index is 534. The van der Waals surface area contributed by atoms with Crippen LogP contribution in [-0.4, -0.2) is 37.7 Å². The van der Waals surface area contributed by atoms with E-state index < -0.39 is 0 Å². The van der Waals surface area contributed by atoms with Gasteiger partial charge in [-0.1, -0.05) is 26.0 Å². The summed E-state index contributed by atoms with van der Waals surface area (Å²) in [5.74, 6) is 0.269. The lowest BCUT2D eigenvalue weighted by Crippen LogP contribution is -2.41. The van der Waals surface area contributed by atoms with Crippen molar-refractivity contribution in [2.24, 2.45) is 5.92 Å². The van der Waals surface area contributed by atoms with Crippen molar-refractivity contribution in [3.63, 3.8) is 0 Å². The smallest absolute Gasteiger partial charge is 0.243 e. The van der Waals surface area contributed by atoms with Crippen LogP contribution in [0.5, 0.6) is 0 Å². The molecule has 0 bridgehead atoms. The zero-order valence-corrected chi connectivity index (χ0v) is 15.0. The van der Waals surface area contributed by atoms with Gasteiger partial charge in [-0.3, -0.25) is 10.2 Å². The molecule has 2 fully saturated rings. The number of carbonyl (C=O) groups excluding carboxylic acids is 1. The fourth-order valence-electron chi connectivity index (χ4n) is 3.25. The van der Waals surface area contributed by atoms with Crippen LogP contribution in [0, 0.1) is 5.92 Å². The fraction of sp³-hybridized carbons (Fsp3) is 0.588. The lowest BCUT2D eigenvalue weighted by Gasteiger charge is -2.24. The summed E-state index contributed by atoms with van der Waals surface area (Å²) in [6.07, 6.45) is 1.10. The van der Waals surface area contributed by atoms with Crippen molar-refractivity contribution in [2.45, 2.75) is 38.5 Å². The van der Waals surface area contributed by atoms with E-state index >= 15 is 0 Å². The Hall–Kier alpha value is -1.18. The Morgan fingerprint density at radius 2 is 2.04 bits per heavy atom. The van der Waals surface area contributed by atoms with Crippen molar-refractivity contribution in [1.82, 2.24) is 16.2 Å². The van der Waals surface area contributed by atoms with E-state index in [1.54, 1.807) is 0 Å². The van der Waals surface area contributed by atoms with Gasteiger partial charge in [0.1, 0.15) is 6.04 Å². The number of ether oxygens (including phenoxy) is 1. The van der Waals surface area contributed by atoms with Gasteiger partial charge in [0.15, 0.2) is 0 Å². The average Bonchev–Trinajstić information content (AvgIpc) is 2.97. The molecule has 2 saturated heterocycles. The Morgan fingerprint density at radius 1 is 1.29 bits per heavy atom. The van der Waals surface area contributed by atoms with Gasteiger partial charge < -0.3 is 15.4 Å². The first-order valence-corrected chi connectivity index (χ1v) is 8.43. The first-order chi connectivity index (χ1) is 11.2. The van der Waals surface area contributed by atoms with Gasteiger partial charge in [0.25, 0.3) is 0 Å². The summed E-state index contributed by atoms with van der Waals surface area (Å²) in [5, 5.41) is 6.31. The van der Waals surface area contributed by atoms with Crippen LogP contribution in [-0.2, 0) is 9.53 Å².